The molecule has 0 aliphatic rings. The van der Waals surface area contributed by atoms with Gasteiger partial charge in [0.15, 0.2) is 0 Å². The van der Waals surface area contributed by atoms with Crippen molar-refractivity contribution in [3.05, 3.63) is 59.5 Å². The number of hydrogen-bond acceptors (Lipinski definition) is 1. The van der Waals surface area contributed by atoms with Crippen LogP contribution in [-0.4, -0.2) is 5.33 Å². The predicted octanol–water partition coefficient (Wildman–Crippen LogP) is 4.38. The van der Waals surface area contributed by atoms with Crippen LogP contribution in [0, 0.1) is 12.8 Å². The minimum Gasteiger partial charge on any atom is -0.472 e. The van der Waals surface area contributed by atoms with E-state index in [1.807, 2.05) is 12.3 Å². The summed E-state index contributed by atoms with van der Waals surface area (Å²) < 4.78 is 5.11. The summed E-state index contributed by atoms with van der Waals surface area (Å²) in [5, 5.41) is 1.02. The third-order valence-corrected chi connectivity index (χ3v) is 3.88. The largest absolute Gasteiger partial charge is 0.472 e. The minimum absolute atomic E-state index is 0.621. The first kappa shape index (κ1) is 12.4. The number of furan rings is 1. The molecule has 1 unspecified atom stereocenters. The van der Waals surface area contributed by atoms with Crippen molar-refractivity contribution in [3.63, 3.8) is 0 Å². The molecule has 1 aromatic heterocycles. The molecule has 2 aromatic rings. The van der Waals surface area contributed by atoms with Crippen molar-refractivity contribution in [2.24, 2.45) is 5.92 Å². The normalized spacial score (nSPS) is 12.6. The summed E-state index contributed by atoms with van der Waals surface area (Å²) in [5.41, 5.74) is 4.00. The van der Waals surface area contributed by atoms with Gasteiger partial charge in [0.2, 0.25) is 0 Å². The molecule has 1 heterocycles. The van der Waals surface area contributed by atoms with Gasteiger partial charge >= 0.3 is 0 Å². The Morgan fingerprint density at radius 2 is 1.76 bits per heavy atom. The van der Waals surface area contributed by atoms with Gasteiger partial charge in [-0.3, -0.25) is 0 Å². The van der Waals surface area contributed by atoms with Gasteiger partial charge in [-0.1, -0.05) is 45.8 Å². The van der Waals surface area contributed by atoms with Gasteiger partial charge in [-0.05, 0) is 42.9 Å². The van der Waals surface area contributed by atoms with E-state index in [1.165, 1.54) is 16.7 Å². The van der Waals surface area contributed by atoms with E-state index in [2.05, 4.69) is 47.1 Å². The van der Waals surface area contributed by atoms with E-state index in [1.54, 1.807) is 6.26 Å². The zero-order valence-corrected chi connectivity index (χ0v) is 11.6. The van der Waals surface area contributed by atoms with Gasteiger partial charge < -0.3 is 4.42 Å². The molecule has 2 heteroatoms. The molecule has 90 valence electrons. The Kier molecular flexibility index (Phi) is 4.43. The number of benzene rings is 1. The fourth-order valence-electron chi connectivity index (χ4n) is 1.98. The van der Waals surface area contributed by atoms with E-state index < -0.39 is 0 Å². The number of aryl methyl sites for hydroxylation is 1. The lowest BCUT2D eigenvalue weighted by atomic mass is 9.95. The summed E-state index contributed by atoms with van der Waals surface area (Å²) in [7, 11) is 0. The van der Waals surface area contributed by atoms with Crippen molar-refractivity contribution in [1.82, 2.24) is 0 Å². The molecule has 0 bridgehead atoms. The van der Waals surface area contributed by atoms with Crippen LogP contribution >= 0.6 is 15.9 Å². The number of halogens is 1. The molecule has 1 aromatic carbocycles. The van der Waals surface area contributed by atoms with E-state index in [0.717, 1.165) is 18.2 Å². The first-order valence-electron chi connectivity index (χ1n) is 5.90. The van der Waals surface area contributed by atoms with Gasteiger partial charge in [-0.15, -0.1) is 0 Å². The smallest absolute Gasteiger partial charge is 0.0934 e. The van der Waals surface area contributed by atoms with Crippen LogP contribution in [0.5, 0.6) is 0 Å². The first-order chi connectivity index (χ1) is 8.28. The second kappa shape index (κ2) is 6.06. The SMILES string of the molecule is Cc1ccc(CC(CBr)Cc2ccoc2)cc1. The number of alkyl halides is 1. The average molecular weight is 293 g/mol. The van der Waals surface area contributed by atoms with Crippen LogP contribution in [0.1, 0.15) is 16.7 Å². The Morgan fingerprint density at radius 1 is 1.06 bits per heavy atom. The molecule has 1 atom stereocenters. The zero-order valence-electron chi connectivity index (χ0n) is 10.0. The van der Waals surface area contributed by atoms with Gasteiger partial charge in [0.1, 0.15) is 0 Å². The Balaban J connectivity index is 1.97. The molecule has 0 fully saturated rings. The molecule has 0 saturated heterocycles. The van der Waals surface area contributed by atoms with Crippen molar-refractivity contribution in [2.45, 2.75) is 19.8 Å². The van der Waals surface area contributed by atoms with Crippen LogP contribution < -0.4 is 0 Å². The second-order valence-corrected chi connectivity index (χ2v) is 5.19. The molecule has 0 radical (unpaired) electrons. The lowest BCUT2D eigenvalue weighted by Crippen LogP contribution is -2.09. The topological polar surface area (TPSA) is 13.1 Å². The molecular weight excluding hydrogens is 276 g/mol. The van der Waals surface area contributed by atoms with Gasteiger partial charge in [0, 0.05) is 5.33 Å². The standard InChI is InChI=1S/C15H17BrO/c1-12-2-4-13(5-3-12)8-15(10-16)9-14-6-7-17-11-14/h2-7,11,15H,8-10H2,1H3. The van der Waals surface area contributed by atoms with Crippen molar-refractivity contribution >= 4 is 15.9 Å². The van der Waals surface area contributed by atoms with Crippen LogP contribution in [0.25, 0.3) is 0 Å². The average Bonchev–Trinajstić information content (AvgIpc) is 2.84. The van der Waals surface area contributed by atoms with E-state index in [-0.39, 0.29) is 0 Å². The van der Waals surface area contributed by atoms with Crippen LogP contribution in [0.2, 0.25) is 0 Å². The highest BCUT2D eigenvalue weighted by Gasteiger charge is 2.10. The third kappa shape index (κ3) is 3.74. The second-order valence-electron chi connectivity index (χ2n) is 4.55. The zero-order chi connectivity index (χ0) is 12.1. The Morgan fingerprint density at radius 3 is 2.35 bits per heavy atom. The molecule has 17 heavy (non-hydrogen) atoms. The highest BCUT2D eigenvalue weighted by Crippen LogP contribution is 2.17. The van der Waals surface area contributed by atoms with Crippen LogP contribution in [0.3, 0.4) is 0 Å². The van der Waals surface area contributed by atoms with Gasteiger partial charge in [-0.25, -0.2) is 0 Å². The molecule has 0 amide bonds. The molecule has 0 N–H and O–H groups in total. The van der Waals surface area contributed by atoms with Crippen molar-refractivity contribution < 1.29 is 4.42 Å². The first-order valence-corrected chi connectivity index (χ1v) is 7.02. The third-order valence-electron chi connectivity index (χ3n) is 2.97. The van der Waals surface area contributed by atoms with Crippen LogP contribution in [0.15, 0.2) is 47.3 Å². The van der Waals surface area contributed by atoms with E-state index in [4.69, 9.17) is 4.42 Å². The maximum Gasteiger partial charge on any atom is 0.0934 e. The fourth-order valence-corrected chi connectivity index (χ4v) is 2.44. The van der Waals surface area contributed by atoms with Crippen molar-refractivity contribution in [1.29, 1.82) is 0 Å². The molecule has 0 aliphatic heterocycles. The monoisotopic (exact) mass is 292 g/mol. The van der Waals surface area contributed by atoms with Crippen molar-refractivity contribution in [3.8, 4) is 0 Å². The molecule has 0 saturated carbocycles. The summed E-state index contributed by atoms with van der Waals surface area (Å²) in [6, 6.07) is 10.8. The van der Waals surface area contributed by atoms with Gasteiger partial charge in [-0.2, -0.15) is 0 Å². The summed E-state index contributed by atoms with van der Waals surface area (Å²) in [4.78, 5) is 0. The summed E-state index contributed by atoms with van der Waals surface area (Å²) in [5.74, 6) is 0.621. The molecule has 1 nitrogen and oxygen atoms in total. The van der Waals surface area contributed by atoms with Crippen LogP contribution in [-0.2, 0) is 12.8 Å². The molecular formula is C15H17BrO. The summed E-state index contributed by atoms with van der Waals surface area (Å²) in [6.45, 7) is 2.12. The summed E-state index contributed by atoms with van der Waals surface area (Å²) in [6.07, 6.45) is 5.75. The van der Waals surface area contributed by atoms with Gasteiger partial charge in [0.05, 0.1) is 12.5 Å². The maximum atomic E-state index is 5.11. The Labute approximate surface area is 111 Å². The van der Waals surface area contributed by atoms with E-state index in [0.29, 0.717) is 5.92 Å². The Bertz CT molecular complexity index is 430. The Hall–Kier alpha value is -1.02. The number of rotatable bonds is 5. The van der Waals surface area contributed by atoms with Crippen molar-refractivity contribution in [2.75, 3.05) is 5.33 Å². The lowest BCUT2D eigenvalue weighted by Gasteiger charge is -2.13. The molecule has 0 spiro atoms. The molecule has 2 rings (SSSR count). The van der Waals surface area contributed by atoms with E-state index in [9.17, 15) is 0 Å². The molecule has 0 aliphatic carbocycles. The highest BCUT2D eigenvalue weighted by atomic mass is 79.9. The predicted molar refractivity (Wildman–Crippen MR) is 74.6 cm³/mol. The number of hydrogen-bond donors (Lipinski definition) is 0. The minimum atomic E-state index is 0.621. The van der Waals surface area contributed by atoms with E-state index >= 15 is 0 Å². The maximum absolute atomic E-state index is 5.11. The summed E-state index contributed by atoms with van der Waals surface area (Å²) >= 11 is 3.60. The fraction of sp³-hybridized carbons (Fsp3) is 0.333. The quantitative estimate of drug-likeness (QED) is 0.745. The lowest BCUT2D eigenvalue weighted by molar-refractivity contribution is 0.550. The van der Waals surface area contributed by atoms with Gasteiger partial charge in [0.25, 0.3) is 0 Å². The van der Waals surface area contributed by atoms with Crippen LogP contribution in [0.4, 0.5) is 0 Å². The highest BCUT2D eigenvalue weighted by molar-refractivity contribution is 9.09.